The highest BCUT2D eigenvalue weighted by Gasteiger charge is 2.20. The van der Waals surface area contributed by atoms with Crippen molar-refractivity contribution < 1.29 is 55.8 Å². The second-order valence-corrected chi connectivity index (χ2v) is 13.0. The van der Waals surface area contributed by atoms with Crippen LogP contribution in [0.4, 0.5) is 49.1 Å². The van der Waals surface area contributed by atoms with E-state index in [0.717, 1.165) is 12.1 Å². The highest BCUT2D eigenvalue weighted by atomic mass is 127. The van der Waals surface area contributed by atoms with Crippen LogP contribution in [0.25, 0.3) is 0 Å². The summed E-state index contributed by atoms with van der Waals surface area (Å²) in [5.74, 6) is -7.86. The molecule has 0 radical (unpaired) electrons. The number of hydrogen-bond acceptors (Lipinski definition) is 8. The number of carbonyl (C=O) groups is 2. The van der Waals surface area contributed by atoms with E-state index in [1.54, 1.807) is 19.1 Å². The Morgan fingerprint density at radius 3 is 1.39 bits per heavy atom. The van der Waals surface area contributed by atoms with Gasteiger partial charge in [0.15, 0.2) is 23.3 Å². The number of aliphatic hydroxyl groups excluding tert-OH is 2. The molecule has 0 aliphatic rings. The molecule has 18 heteroatoms. The molecule has 274 valence electrons. The summed E-state index contributed by atoms with van der Waals surface area (Å²) in [5, 5.41) is 23.6. The molecule has 0 fully saturated rings. The molecule has 51 heavy (non-hydrogen) atoms. The predicted octanol–water partition coefficient (Wildman–Crippen LogP) is 7.38. The van der Waals surface area contributed by atoms with Crippen molar-refractivity contribution in [2.45, 2.75) is 32.5 Å². The van der Waals surface area contributed by atoms with Crippen LogP contribution in [0.15, 0.2) is 60.7 Å². The van der Waals surface area contributed by atoms with Crippen molar-refractivity contribution in [3.05, 3.63) is 114 Å². The SMILES string of the molecule is CC(O)CONC(=O)c1cc(F)c(F)cc1Nc1ccc(I)cc1F.CCC(O)CONC(=O)c1cc(F)c(F)cc1Nc1ccc(I)cc1F. The molecule has 0 aliphatic carbocycles. The molecule has 4 rings (SSSR count). The first kappa shape index (κ1) is 41.7. The van der Waals surface area contributed by atoms with E-state index in [-0.39, 0.29) is 47.1 Å². The van der Waals surface area contributed by atoms with Crippen LogP contribution in [0.2, 0.25) is 0 Å². The summed E-state index contributed by atoms with van der Waals surface area (Å²) in [6.45, 7) is 2.81. The van der Waals surface area contributed by atoms with Gasteiger partial charge in [0.05, 0.1) is 46.1 Å². The minimum Gasteiger partial charge on any atom is -0.391 e. The van der Waals surface area contributed by atoms with E-state index >= 15 is 0 Å². The van der Waals surface area contributed by atoms with E-state index in [2.05, 4.69) is 10.6 Å². The lowest BCUT2D eigenvalue weighted by Crippen LogP contribution is -2.28. The second-order valence-electron chi connectivity index (χ2n) is 10.5. The molecule has 2 unspecified atom stereocenters. The first-order valence-corrected chi connectivity index (χ1v) is 16.9. The van der Waals surface area contributed by atoms with E-state index in [1.165, 1.54) is 31.2 Å². The molecule has 0 saturated heterocycles. The van der Waals surface area contributed by atoms with E-state index in [9.17, 15) is 41.0 Å². The van der Waals surface area contributed by atoms with Gasteiger partial charge in [-0.3, -0.25) is 19.3 Å². The number of carbonyl (C=O) groups excluding carboxylic acids is 2. The minimum absolute atomic E-state index is 0.00667. The van der Waals surface area contributed by atoms with E-state index in [0.29, 0.717) is 25.7 Å². The average Bonchev–Trinajstić information content (AvgIpc) is 3.06. The zero-order valence-electron chi connectivity index (χ0n) is 26.6. The Kier molecular flexibility index (Phi) is 16.2. The zero-order chi connectivity index (χ0) is 37.8. The second kappa shape index (κ2) is 19.8. The fourth-order valence-electron chi connectivity index (χ4n) is 3.81. The number of halogens is 8. The molecule has 4 aromatic carbocycles. The van der Waals surface area contributed by atoms with Crippen LogP contribution in [0.5, 0.6) is 0 Å². The van der Waals surface area contributed by atoms with Crippen LogP contribution in [0.1, 0.15) is 41.0 Å². The van der Waals surface area contributed by atoms with Crippen molar-refractivity contribution in [3.63, 3.8) is 0 Å². The van der Waals surface area contributed by atoms with Gasteiger partial charge >= 0.3 is 0 Å². The Balaban J connectivity index is 0.000000276. The number of aliphatic hydroxyl groups is 2. The highest BCUT2D eigenvalue weighted by Crippen LogP contribution is 2.28. The molecule has 10 nitrogen and oxygen atoms in total. The molecule has 0 spiro atoms. The van der Waals surface area contributed by atoms with Gasteiger partial charge in [0.2, 0.25) is 0 Å². The number of rotatable bonds is 13. The Morgan fingerprint density at radius 2 is 1.02 bits per heavy atom. The lowest BCUT2D eigenvalue weighted by molar-refractivity contribution is -0.0133. The highest BCUT2D eigenvalue weighted by molar-refractivity contribution is 14.1. The average molecular weight is 946 g/mol. The molecular weight excluding hydrogens is 916 g/mol. The zero-order valence-corrected chi connectivity index (χ0v) is 30.9. The van der Waals surface area contributed by atoms with Gasteiger partial charge in [0.25, 0.3) is 11.8 Å². The van der Waals surface area contributed by atoms with Crippen LogP contribution in [-0.4, -0.2) is 47.4 Å². The molecule has 0 heterocycles. The molecule has 0 saturated carbocycles. The van der Waals surface area contributed by atoms with Gasteiger partial charge in [-0.05, 0) is 107 Å². The molecule has 2 atom stereocenters. The summed E-state index contributed by atoms with van der Waals surface area (Å²) in [4.78, 5) is 33.9. The topological polar surface area (TPSA) is 141 Å². The van der Waals surface area contributed by atoms with E-state index < -0.39 is 58.9 Å². The van der Waals surface area contributed by atoms with Crippen LogP contribution < -0.4 is 21.6 Å². The predicted molar refractivity (Wildman–Crippen MR) is 192 cm³/mol. The van der Waals surface area contributed by atoms with Crippen molar-refractivity contribution >= 4 is 79.7 Å². The monoisotopic (exact) mass is 946 g/mol. The van der Waals surface area contributed by atoms with Crippen molar-refractivity contribution in [2.75, 3.05) is 23.8 Å². The summed E-state index contributed by atoms with van der Waals surface area (Å²) < 4.78 is 83.4. The van der Waals surface area contributed by atoms with Gasteiger partial charge in [0, 0.05) is 19.3 Å². The Labute approximate surface area is 315 Å². The summed E-state index contributed by atoms with van der Waals surface area (Å²) in [6, 6.07) is 11.4. The van der Waals surface area contributed by atoms with Crippen molar-refractivity contribution in [1.82, 2.24) is 11.0 Å². The first-order valence-electron chi connectivity index (χ1n) is 14.7. The lowest BCUT2D eigenvalue weighted by atomic mass is 10.1. The van der Waals surface area contributed by atoms with Gasteiger partial charge < -0.3 is 20.8 Å². The number of hydroxylamine groups is 2. The van der Waals surface area contributed by atoms with Crippen molar-refractivity contribution in [2.24, 2.45) is 0 Å². The summed E-state index contributed by atoms with van der Waals surface area (Å²) in [7, 11) is 0. The Bertz CT molecular complexity index is 1860. The maximum atomic E-state index is 14.0. The summed E-state index contributed by atoms with van der Waals surface area (Å²) in [5.41, 5.74) is 3.17. The standard InChI is InChI=1S/C17H16F3IN2O3.C16H14F3IN2O3/c1-2-10(24)8-26-23-17(25)11-6-12(18)13(19)7-16(11)22-15-4-3-9(21)5-14(15)20;1-8(23)7-25-22-16(24)10-5-11(17)12(18)6-15(10)21-14-3-2-9(20)4-13(14)19/h3-7,10,22,24H,2,8H2,1H3,(H,23,25);2-6,8,21,23H,7H2,1H3,(H,22,24). The fraction of sp³-hybridized carbons (Fsp3) is 0.212. The van der Waals surface area contributed by atoms with Gasteiger partial charge in [-0.2, -0.15) is 0 Å². The summed E-state index contributed by atoms with van der Waals surface area (Å²) >= 11 is 3.85. The maximum absolute atomic E-state index is 14.0. The largest absolute Gasteiger partial charge is 0.391 e. The molecular formula is C33H30F6I2N4O6. The number of anilines is 4. The van der Waals surface area contributed by atoms with Crippen LogP contribution in [0, 0.1) is 42.0 Å². The molecule has 0 bridgehead atoms. The third-order valence-corrected chi connectivity index (χ3v) is 7.75. The minimum atomic E-state index is -1.24. The van der Waals surface area contributed by atoms with Crippen LogP contribution >= 0.6 is 45.2 Å². The van der Waals surface area contributed by atoms with E-state index in [1.807, 2.05) is 56.1 Å². The number of benzene rings is 4. The van der Waals surface area contributed by atoms with Crippen molar-refractivity contribution in [3.8, 4) is 0 Å². The molecule has 0 aliphatic heterocycles. The maximum Gasteiger partial charge on any atom is 0.277 e. The first-order chi connectivity index (χ1) is 24.1. The third kappa shape index (κ3) is 12.8. The van der Waals surface area contributed by atoms with E-state index in [4.69, 9.17) is 14.8 Å². The Morgan fingerprint density at radius 1 is 0.627 bits per heavy atom. The smallest absolute Gasteiger partial charge is 0.277 e. The van der Waals surface area contributed by atoms with Crippen LogP contribution in [-0.2, 0) is 9.68 Å². The van der Waals surface area contributed by atoms with Gasteiger partial charge in [-0.25, -0.2) is 37.3 Å². The molecule has 2 amide bonds. The quantitative estimate of drug-likeness (QED) is 0.0464. The normalized spacial score (nSPS) is 11.9. The Hall–Kier alpha value is -3.70. The van der Waals surface area contributed by atoms with Gasteiger partial charge in [-0.15, -0.1) is 0 Å². The fourth-order valence-corrected chi connectivity index (χ4v) is 4.71. The van der Waals surface area contributed by atoms with Gasteiger partial charge in [-0.1, -0.05) is 6.92 Å². The lowest BCUT2D eigenvalue weighted by Gasteiger charge is -2.14. The number of hydrogen-bond donors (Lipinski definition) is 6. The summed E-state index contributed by atoms with van der Waals surface area (Å²) in [6.07, 6.45) is -1.19. The van der Waals surface area contributed by atoms with Gasteiger partial charge in [0.1, 0.15) is 24.8 Å². The number of amides is 2. The molecule has 6 N–H and O–H groups in total. The van der Waals surface area contributed by atoms with Crippen molar-refractivity contribution in [1.29, 1.82) is 0 Å². The molecule has 4 aromatic rings. The number of nitrogens with one attached hydrogen (secondary N) is 4. The van der Waals surface area contributed by atoms with Crippen LogP contribution in [0.3, 0.4) is 0 Å². The molecule has 0 aromatic heterocycles. The third-order valence-electron chi connectivity index (χ3n) is 6.41.